The Bertz CT molecular complexity index is 506. The Morgan fingerprint density at radius 1 is 1.45 bits per heavy atom. The number of anilines is 2. The monoisotopic (exact) mass is 278 g/mol. The Morgan fingerprint density at radius 2 is 2.25 bits per heavy atom. The molecule has 1 aromatic carbocycles. The van der Waals surface area contributed by atoms with E-state index in [4.69, 9.17) is 16.2 Å². The molecule has 0 saturated carbocycles. The van der Waals surface area contributed by atoms with Gasteiger partial charge in [-0.2, -0.15) is 0 Å². The minimum atomic E-state index is -0.560. The first-order valence-electron chi connectivity index (χ1n) is 6.33. The Morgan fingerprint density at radius 3 is 2.95 bits per heavy atom. The minimum absolute atomic E-state index is 0.0891. The molecule has 1 atom stereocenters. The van der Waals surface area contributed by atoms with E-state index in [9.17, 15) is 9.59 Å². The highest BCUT2D eigenvalue weighted by Crippen LogP contribution is 2.12. The SMILES string of the molecule is NC(=O)C1COCCN1CC(=O)Nc1cccc(N)c1. The van der Waals surface area contributed by atoms with E-state index in [1.165, 1.54) is 0 Å². The Balaban J connectivity index is 1.94. The zero-order chi connectivity index (χ0) is 14.5. The van der Waals surface area contributed by atoms with Crippen LogP contribution in [-0.2, 0) is 14.3 Å². The van der Waals surface area contributed by atoms with Crippen LogP contribution in [0.3, 0.4) is 0 Å². The standard InChI is InChI=1S/C13H18N4O3/c14-9-2-1-3-10(6-9)16-12(18)7-17-4-5-20-8-11(17)13(15)19/h1-3,6,11H,4-5,7-8,14H2,(H2,15,19)(H,16,18). The van der Waals surface area contributed by atoms with Crippen LogP contribution < -0.4 is 16.8 Å². The van der Waals surface area contributed by atoms with Crippen molar-refractivity contribution in [2.24, 2.45) is 5.73 Å². The quantitative estimate of drug-likeness (QED) is 0.636. The molecular formula is C13H18N4O3. The third-order valence-electron chi connectivity index (χ3n) is 3.08. The molecule has 1 unspecified atom stereocenters. The van der Waals surface area contributed by atoms with Crippen molar-refractivity contribution in [3.63, 3.8) is 0 Å². The van der Waals surface area contributed by atoms with Crippen LogP contribution in [0.4, 0.5) is 11.4 Å². The van der Waals surface area contributed by atoms with Gasteiger partial charge in [-0.3, -0.25) is 14.5 Å². The maximum absolute atomic E-state index is 12.0. The lowest BCUT2D eigenvalue weighted by atomic mass is 10.2. The van der Waals surface area contributed by atoms with E-state index < -0.39 is 11.9 Å². The van der Waals surface area contributed by atoms with E-state index in [0.717, 1.165) is 0 Å². The maximum Gasteiger partial charge on any atom is 0.238 e. The summed E-state index contributed by atoms with van der Waals surface area (Å²) in [6, 6.07) is 6.35. The number of hydrogen-bond acceptors (Lipinski definition) is 5. The summed E-state index contributed by atoms with van der Waals surface area (Å²) in [5, 5.41) is 2.74. The molecule has 1 aliphatic rings. The van der Waals surface area contributed by atoms with Crippen molar-refractivity contribution in [3.8, 4) is 0 Å². The van der Waals surface area contributed by atoms with Crippen molar-refractivity contribution in [3.05, 3.63) is 24.3 Å². The Labute approximate surface area is 116 Å². The van der Waals surface area contributed by atoms with Crippen molar-refractivity contribution in [2.75, 3.05) is 37.4 Å². The summed E-state index contributed by atoms with van der Waals surface area (Å²) >= 11 is 0. The summed E-state index contributed by atoms with van der Waals surface area (Å²) in [6.45, 7) is 1.29. The zero-order valence-corrected chi connectivity index (χ0v) is 11.0. The number of nitrogens with zero attached hydrogens (tertiary/aromatic N) is 1. The van der Waals surface area contributed by atoms with Gasteiger partial charge in [-0.1, -0.05) is 6.07 Å². The van der Waals surface area contributed by atoms with Gasteiger partial charge in [0.1, 0.15) is 6.04 Å². The smallest absolute Gasteiger partial charge is 0.238 e. The summed E-state index contributed by atoms with van der Waals surface area (Å²) in [7, 11) is 0. The van der Waals surface area contributed by atoms with Crippen LogP contribution in [0.2, 0.25) is 0 Å². The van der Waals surface area contributed by atoms with Gasteiger partial charge in [0.15, 0.2) is 0 Å². The van der Waals surface area contributed by atoms with Gasteiger partial charge in [0.25, 0.3) is 0 Å². The summed E-state index contributed by atoms with van der Waals surface area (Å²) < 4.78 is 5.20. The summed E-state index contributed by atoms with van der Waals surface area (Å²) in [5.74, 6) is -0.704. The number of primary amides is 1. The molecule has 1 fully saturated rings. The van der Waals surface area contributed by atoms with Crippen molar-refractivity contribution in [1.82, 2.24) is 4.90 Å². The molecule has 2 amide bonds. The van der Waals surface area contributed by atoms with E-state index in [1.54, 1.807) is 29.2 Å². The van der Waals surface area contributed by atoms with Crippen LogP contribution >= 0.6 is 0 Å². The van der Waals surface area contributed by atoms with E-state index in [2.05, 4.69) is 5.32 Å². The van der Waals surface area contributed by atoms with Gasteiger partial charge in [0.2, 0.25) is 11.8 Å². The number of ether oxygens (including phenoxy) is 1. The molecule has 20 heavy (non-hydrogen) atoms. The second-order valence-corrected chi connectivity index (χ2v) is 4.64. The molecule has 1 aliphatic heterocycles. The number of amides is 2. The van der Waals surface area contributed by atoms with Crippen LogP contribution in [0.15, 0.2) is 24.3 Å². The summed E-state index contributed by atoms with van der Waals surface area (Å²) in [5.41, 5.74) is 12.1. The Hall–Kier alpha value is -2.12. The number of morpholine rings is 1. The maximum atomic E-state index is 12.0. The molecule has 0 bridgehead atoms. The predicted octanol–water partition coefficient (Wildman–Crippen LogP) is -0.607. The highest BCUT2D eigenvalue weighted by Gasteiger charge is 2.28. The number of carbonyl (C=O) groups excluding carboxylic acids is 2. The number of nitrogens with one attached hydrogen (secondary N) is 1. The van der Waals surface area contributed by atoms with Crippen LogP contribution in [0.25, 0.3) is 0 Å². The van der Waals surface area contributed by atoms with E-state index >= 15 is 0 Å². The topological polar surface area (TPSA) is 111 Å². The van der Waals surface area contributed by atoms with Crippen molar-refractivity contribution in [1.29, 1.82) is 0 Å². The Kier molecular flexibility index (Phi) is 4.54. The molecule has 108 valence electrons. The lowest BCUT2D eigenvalue weighted by Crippen LogP contribution is -2.54. The second kappa shape index (κ2) is 6.36. The van der Waals surface area contributed by atoms with Crippen LogP contribution in [-0.4, -0.2) is 49.1 Å². The van der Waals surface area contributed by atoms with Gasteiger partial charge in [-0.25, -0.2) is 0 Å². The molecule has 1 saturated heterocycles. The fraction of sp³-hybridized carbons (Fsp3) is 0.385. The van der Waals surface area contributed by atoms with E-state index in [-0.39, 0.29) is 19.1 Å². The van der Waals surface area contributed by atoms with Gasteiger partial charge in [-0.15, -0.1) is 0 Å². The second-order valence-electron chi connectivity index (χ2n) is 4.64. The highest BCUT2D eigenvalue weighted by molar-refractivity contribution is 5.93. The molecule has 1 heterocycles. The normalized spacial score (nSPS) is 19.5. The average Bonchev–Trinajstić information content (AvgIpc) is 2.38. The van der Waals surface area contributed by atoms with Crippen molar-refractivity contribution >= 4 is 23.2 Å². The molecule has 0 spiro atoms. The predicted molar refractivity (Wildman–Crippen MR) is 74.9 cm³/mol. The first kappa shape index (κ1) is 14.3. The fourth-order valence-electron chi connectivity index (χ4n) is 2.09. The van der Waals surface area contributed by atoms with Gasteiger partial charge in [0.05, 0.1) is 19.8 Å². The molecule has 1 aromatic rings. The molecule has 5 N–H and O–H groups in total. The minimum Gasteiger partial charge on any atom is -0.399 e. The number of nitrogen functional groups attached to an aromatic ring is 1. The van der Waals surface area contributed by atoms with E-state index in [0.29, 0.717) is 24.5 Å². The molecular weight excluding hydrogens is 260 g/mol. The number of benzene rings is 1. The first-order valence-corrected chi connectivity index (χ1v) is 6.33. The lowest BCUT2D eigenvalue weighted by molar-refractivity contribution is -0.131. The number of nitrogens with two attached hydrogens (primary N) is 2. The molecule has 0 aromatic heterocycles. The molecule has 2 rings (SSSR count). The molecule has 7 heteroatoms. The first-order chi connectivity index (χ1) is 9.56. The zero-order valence-electron chi connectivity index (χ0n) is 11.0. The molecule has 0 radical (unpaired) electrons. The number of carbonyl (C=O) groups is 2. The molecule has 0 aliphatic carbocycles. The van der Waals surface area contributed by atoms with Gasteiger partial charge >= 0.3 is 0 Å². The van der Waals surface area contributed by atoms with Crippen LogP contribution in [0, 0.1) is 0 Å². The van der Waals surface area contributed by atoms with Gasteiger partial charge in [0, 0.05) is 17.9 Å². The van der Waals surface area contributed by atoms with E-state index in [1.807, 2.05) is 0 Å². The lowest BCUT2D eigenvalue weighted by Gasteiger charge is -2.32. The van der Waals surface area contributed by atoms with Gasteiger partial charge in [-0.05, 0) is 18.2 Å². The third kappa shape index (κ3) is 3.69. The molecule has 7 nitrogen and oxygen atoms in total. The largest absolute Gasteiger partial charge is 0.399 e. The van der Waals surface area contributed by atoms with Crippen LogP contribution in [0.5, 0.6) is 0 Å². The fourth-order valence-corrected chi connectivity index (χ4v) is 2.09. The summed E-state index contributed by atoms with van der Waals surface area (Å²) in [4.78, 5) is 25.0. The van der Waals surface area contributed by atoms with Crippen LogP contribution in [0.1, 0.15) is 0 Å². The number of rotatable bonds is 4. The van der Waals surface area contributed by atoms with Crippen molar-refractivity contribution < 1.29 is 14.3 Å². The van der Waals surface area contributed by atoms with Gasteiger partial charge < -0.3 is 21.5 Å². The number of hydrogen-bond donors (Lipinski definition) is 3. The summed E-state index contributed by atoms with van der Waals surface area (Å²) in [6.07, 6.45) is 0. The average molecular weight is 278 g/mol. The van der Waals surface area contributed by atoms with Crippen molar-refractivity contribution in [2.45, 2.75) is 6.04 Å². The highest BCUT2D eigenvalue weighted by atomic mass is 16.5. The third-order valence-corrected chi connectivity index (χ3v) is 3.08.